The third kappa shape index (κ3) is 5.72. The van der Waals surface area contributed by atoms with E-state index in [2.05, 4.69) is 11.0 Å². The Hall–Kier alpha value is -1.68. The lowest BCUT2D eigenvalue weighted by atomic mass is 10.1. The van der Waals surface area contributed by atoms with Gasteiger partial charge in [-0.1, -0.05) is 6.07 Å². The summed E-state index contributed by atoms with van der Waals surface area (Å²) in [6.45, 7) is 2.54. The quantitative estimate of drug-likeness (QED) is 0.582. The lowest BCUT2D eigenvalue weighted by Gasteiger charge is -2.32. The number of carbonyl (C=O) groups is 1. The van der Waals surface area contributed by atoms with Crippen LogP contribution in [0.2, 0.25) is 0 Å². The SMILES string of the molecule is O=C(CN(Cc1ccco1)Cc1cccs1)N(CC1CCCO1)C1CCS(=O)(=O)C1. The van der Waals surface area contributed by atoms with Gasteiger partial charge < -0.3 is 14.1 Å². The predicted octanol–water partition coefficient (Wildman–Crippen LogP) is 2.54. The van der Waals surface area contributed by atoms with Gasteiger partial charge in [-0.2, -0.15) is 0 Å². The second kappa shape index (κ2) is 9.64. The van der Waals surface area contributed by atoms with Gasteiger partial charge in [0, 0.05) is 30.6 Å². The van der Waals surface area contributed by atoms with E-state index in [4.69, 9.17) is 9.15 Å². The summed E-state index contributed by atoms with van der Waals surface area (Å²) in [5.41, 5.74) is 0. The second-order valence-electron chi connectivity index (χ2n) is 8.04. The summed E-state index contributed by atoms with van der Waals surface area (Å²) in [4.78, 5) is 18.4. The smallest absolute Gasteiger partial charge is 0.237 e. The number of amides is 1. The molecule has 2 aliphatic heterocycles. The Bertz CT molecular complexity index is 869. The van der Waals surface area contributed by atoms with Crippen LogP contribution < -0.4 is 0 Å². The summed E-state index contributed by atoms with van der Waals surface area (Å²) >= 11 is 1.65. The molecule has 2 fully saturated rings. The lowest BCUT2D eigenvalue weighted by Crippen LogP contribution is -2.49. The van der Waals surface area contributed by atoms with Crippen molar-refractivity contribution in [2.24, 2.45) is 0 Å². The van der Waals surface area contributed by atoms with Crippen LogP contribution in [0, 0.1) is 0 Å². The largest absolute Gasteiger partial charge is 0.468 e. The second-order valence-corrected chi connectivity index (χ2v) is 11.3. The van der Waals surface area contributed by atoms with Crippen LogP contribution in [0.1, 0.15) is 29.9 Å². The Labute approximate surface area is 181 Å². The molecule has 0 aliphatic carbocycles. The number of ether oxygens (including phenoxy) is 1. The molecule has 0 radical (unpaired) electrons. The van der Waals surface area contributed by atoms with E-state index in [1.807, 2.05) is 23.6 Å². The van der Waals surface area contributed by atoms with Crippen LogP contribution in [0.15, 0.2) is 40.3 Å². The Kier molecular flexibility index (Phi) is 6.92. The van der Waals surface area contributed by atoms with Crippen LogP contribution in [0.25, 0.3) is 0 Å². The highest BCUT2D eigenvalue weighted by molar-refractivity contribution is 7.91. The van der Waals surface area contributed by atoms with Crippen LogP contribution >= 0.6 is 11.3 Å². The normalized spacial score (nSPS) is 23.2. The predicted molar refractivity (Wildman–Crippen MR) is 115 cm³/mol. The lowest BCUT2D eigenvalue weighted by molar-refractivity contribution is -0.136. The van der Waals surface area contributed by atoms with Gasteiger partial charge in [-0.25, -0.2) is 8.42 Å². The van der Waals surface area contributed by atoms with Gasteiger partial charge in [0.15, 0.2) is 9.84 Å². The highest BCUT2D eigenvalue weighted by Gasteiger charge is 2.36. The Morgan fingerprint density at radius 1 is 1.20 bits per heavy atom. The summed E-state index contributed by atoms with van der Waals surface area (Å²) in [6.07, 6.45) is 4.03. The maximum Gasteiger partial charge on any atom is 0.237 e. The molecule has 2 aromatic heterocycles. The molecular weight excluding hydrogens is 424 g/mol. The first kappa shape index (κ1) is 21.5. The summed E-state index contributed by atoms with van der Waals surface area (Å²) in [7, 11) is -3.08. The monoisotopic (exact) mass is 452 g/mol. The molecule has 2 aliphatic rings. The molecule has 4 heterocycles. The summed E-state index contributed by atoms with van der Waals surface area (Å²) in [6, 6.07) is 7.53. The maximum atomic E-state index is 13.4. The van der Waals surface area contributed by atoms with Crippen molar-refractivity contribution in [3.8, 4) is 0 Å². The maximum absolute atomic E-state index is 13.4. The summed E-state index contributed by atoms with van der Waals surface area (Å²) < 4.78 is 35.4. The molecular formula is C21H28N2O5S2. The minimum atomic E-state index is -3.08. The number of hydrogen-bond acceptors (Lipinski definition) is 7. The van der Waals surface area contributed by atoms with Crippen LogP contribution in [-0.2, 0) is 32.5 Å². The molecule has 0 bridgehead atoms. The highest BCUT2D eigenvalue weighted by atomic mass is 32.2. The van der Waals surface area contributed by atoms with Crippen LogP contribution in [0.4, 0.5) is 0 Å². The molecule has 2 unspecified atom stereocenters. The van der Waals surface area contributed by atoms with Gasteiger partial charge in [0.1, 0.15) is 5.76 Å². The number of thiophene rings is 1. The first-order valence-electron chi connectivity index (χ1n) is 10.4. The van der Waals surface area contributed by atoms with Crippen LogP contribution in [-0.4, -0.2) is 67.5 Å². The van der Waals surface area contributed by atoms with E-state index in [1.165, 1.54) is 4.88 Å². The van der Waals surface area contributed by atoms with E-state index in [0.717, 1.165) is 18.6 Å². The van der Waals surface area contributed by atoms with Gasteiger partial charge in [0.2, 0.25) is 5.91 Å². The zero-order chi connectivity index (χ0) is 21.0. The molecule has 0 N–H and O–H groups in total. The minimum absolute atomic E-state index is 0.00641. The average Bonchev–Trinajstić information content (AvgIpc) is 3.48. The van der Waals surface area contributed by atoms with Gasteiger partial charge in [0.05, 0.1) is 37.0 Å². The molecule has 2 atom stereocenters. The Morgan fingerprint density at radius 2 is 2.10 bits per heavy atom. The fourth-order valence-electron chi connectivity index (χ4n) is 4.18. The molecule has 164 valence electrons. The molecule has 1 amide bonds. The molecule has 2 aromatic rings. The van der Waals surface area contributed by atoms with Crippen molar-refractivity contribution in [3.05, 3.63) is 46.5 Å². The summed E-state index contributed by atoms with van der Waals surface area (Å²) in [5, 5.41) is 2.02. The van der Waals surface area contributed by atoms with Crippen LogP contribution in [0.3, 0.4) is 0 Å². The Balaban J connectivity index is 1.48. The standard InChI is InChI=1S/C21H28N2O5S2/c24-21(15-22(12-18-4-1-8-27-18)14-20-6-3-10-29-20)23(13-19-5-2-9-28-19)17-7-11-30(25,26)16-17/h1,3-4,6,8,10,17,19H,2,5,7,9,11-16H2. The van der Waals surface area contributed by atoms with Crippen LogP contribution in [0.5, 0.6) is 0 Å². The van der Waals surface area contributed by atoms with Crippen molar-refractivity contribution in [3.63, 3.8) is 0 Å². The van der Waals surface area contributed by atoms with Crippen molar-refractivity contribution >= 4 is 27.1 Å². The molecule has 30 heavy (non-hydrogen) atoms. The van der Waals surface area contributed by atoms with Gasteiger partial charge in [-0.3, -0.25) is 9.69 Å². The number of hydrogen-bond donors (Lipinski definition) is 0. The van der Waals surface area contributed by atoms with E-state index < -0.39 is 9.84 Å². The fourth-order valence-corrected chi connectivity index (χ4v) is 6.66. The van der Waals surface area contributed by atoms with Crippen molar-refractivity contribution in [1.29, 1.82) is 0 Å². The van der Waals surface area contributed by atoms with Gasteiger partial charge >= 0.3 is 0 Å². The number of furan rings is 1. The minimum Gasteiger partial charge on any atom is -0.468 e. The van der Waals surface area contributed by atoms with E-state index in [9.17, 15) is 13.2 Å². The molecule has 0 saturated carbocycles. The third-order valence-corrected chi connectivity index (χ3v) is 8.28. The zero-order valence-electron chi connectivity index (χ0n) is 16.9. The van der Waals surface area contributed by atoms with E-state index >= 15 is 0 Å². The molecule has 0 aromatic carbocycles. The van der Waals surface area contributed by atoms with Crippen molar-refractivity contribution in [2.45, 2.75) is 44.5 Å². The molecule has 7 nitrogen and oxygen atoms in total. The fraction of sp³-hybridized carbons (Fsp3) is 0.571. The molecule has 0 spiro atoms. The van der Waals surface area contributed by atoms with Gasteiger partial charge in [-0.05, 0) is 42.8 Å². The van der Waals surface area contributed by atoms with Gasteiger partial charge in [-0.15, -0.1) is 11.3 Å². The van der Waals surface area contributed by atoms with Crippen molar-refractivity contribution < 1.29 is 22.4 Å². The third-order valence-electron chi connectivity index (χ3n) is 5.67. The molecule has 2 saturated heterocycles. The molecule has 9 heteroatoms. The number of sulfone groups is 1. The van der Waals surface area contributed by atoms with E-state index in [1.54, 1.807) is 22.5 Å². The number of carbonyl (C=O) groups excluding carboxylic acids is 1. The zero-order valence-corrected chi connectivity index (χ0v) is 18.6. The van der Waals surface area contributed by atoms with E-state index in [0.29, 0.717) is 32.7 Å². The topological polar surface area (TPSA) is 80.1 Å². The number of nitrogens with zero attached hydrogens (tertiary/aromatic N) is 2. The Morgan fingerprint density at radius 3 is 2.73 bits per heavy atom. The number of rotatable bonds is 9. The van der Waals surface area contributed by atoms with Gasteiger partial charge in [0.25, 0.3) is 0 Å². The average molecular weight is 453 g/mol. The van der Waals surface area contributed by atoms with Crippen molar-refractivity contribution in [1.82, 2.24) is 9.80 Å². The first-order valence-corrected chi connectivity index (χ1v) is 13.1. The highest BCUT2D eigenvalue weighted by Crippen LogP contribution is 2.23. The molecule has 4 rings (SSSR count). The first-order chi connectivity index (χ1) is 14.5. The van der Waals surface area contributed by atoms with Crippen molar-refractivity contribution in [2.75, 3.05) is 31.2 Å². The van der Waals surface area contributed by atoms with E-state index in [-0.39, 0.29) is 36.1 Å². The summed E-state index contributed by atoms with van der Waals surface area (Å²) in [5.74, 6) is 0.955.